The summed E-state index contributed by atoms with van der Waals surface area (Å²) in [4.78, 5) is 13.1. The first kappa shape index (κ1) is 11.8. The van der Waals surface area contributed by atoms with Crippen LogP contribution in [0.5, 0.6) is 0 Å². The fraction of sp³-hybridized carbons (Fsp3) is 0.562. The van der Waals surface area contributed by atoms with Crippen molar-refractivity contribution in [2.45, 2.75) is 42.2 Å². The van der Waals surface area contributed by atoms with E-state index in [0.29, 0.717) is 5.25 Å². The first-order valence-electron chi connectivity index (χ1n) is 7.14. The summed E-state index contributed by atoms with van der Waals surface area (Å²) in [5.41, 5.74) is 0.994. The molecule has 19 heavy (non-hydrogen) atoms. The smallest absolute Gasteiger partial charge is 0.309 e. The van der Waals surface area contributed by atoms with E-state index < -0.39 is 11.4 Å². The Morgan fingerprint density at radius 2 is 2.05 bits per heavy atom. The molecule has 1 aromatic rings. The number of benzene rings is 1. The third-order valence-corrected chi connectivity index (χ3v) is 6.48. The summed E-state index contributed by atoms with van der Waals surface area (Å²) < 4.78 is 0. The van der Waals surface area contributed by atoms with Crippen LogP contribution in [0.1, 0.15) is 31.2 Å². The van der Waals surface area contributed by atoms with E-state index in [9.17, 15) is 9.90 Å². The lowest BCUT2D eigenvalue weighted by Gasteiger charge is -2.28. The average Bonchev–Trinajstić information content (AvgIpc) is 2.85. The van der Waals surface area contributed by atoms with Crippen LogP contribution in [-0.2, 0) is 11.2 Å². The van der Waals surface area contributed by atoms with Crippen LogP contribution in [0, 0.1) is 17.3 Å². The lowest BCUT2D eigenvalue weighted by atomic mass is 9.78. The molecule has 2 fully saturated rings. The van der Waals surface area contributed by atoms with E-state index in [1.54, 1.807) is 0 Å². The van der Waals surface area contributed by atoms with Crippen LogP contribution in [0.4, 0.5) is 0 Å². The highest BCUT2D eigenvalue weighted by Gasteiger charge is 2.58. The first-order chi connectivity index (χ1) is 9.16. The van der Waals surface area contributed by atoms with Gasteiger partial charge in [-0.3, -0.25) is 4.79 Å². The molecule has 4 rings (SSSR count). The van der Waals surface area contributed by atoms with Crippen LogP contribution in [0.25, 0.3) is 0 Å². The molecule has 0 radical (unpaired) electrons. The molecule has 3 unspecified atom stereocenters. The Morgan fingerprint density at radius 3 is 2.74 bits per heavy atom. The molecule has 1 heterocycles. The van der Waals surface area contributed by atoms with Crippen molar-refractivity contribution in [3.63, 3.8) is 0 Å². The van der Waals surface area contributed by atoms with Crippen molar-refractivity contribution in [1.82, 2.24) is 0 Å². The molecular formula is C16H18O2S. The Morgan fingerprint density at radius 1 is 1.32 bits per heavy atom. The van der Waals surface area contributed by atoms with Gasteiger partial charge in [0.15, 0.2) is 0 Å². The molecular weight excluding hydrogens is 256 g/mol. The van der Waals surface area contributed by atoms with Gasteiger partial charge in [0.2, 0.25) is 0 Å². The molecule has 3 aliphatic rings. The normalized spacial score (nSPS) is 38.8. The van der Waals surface area contributed by atoms with Gasteiger partial charge in [0, 0.05) is 10.1 Å². The summed E-state index contributed by atoms with van der Waals surface area (Å²) >= 11 is 1.89. The Labute approximate surface area is 117 Å². The standard InChI is InChI=1S/C16H18O2S/c17-15(18)16(7-11-5-12(11)8-16)9-13-6-10-3-1-2-4-14(10)19-13/h1-4,11-13H,5-9H2,(H,17,18). The Balaban J connectivity index is 1.51. The zero-order valence-electron chi connectivity index (χ0n) is 10.8. The third-order valence-electron chi connectivity index (χ3n) is 5.16. The molecule has 3 heteroatoms. The van der Waals surface area contributed by atoms with E-state index in [4.69, 9.17) is 0 Å². The molecule has 0 spiro atoms. The van der Waals surface area contributed by atoms with Gasteiger partial charge in [-0.15, -0.1) is 11.8 Å². The largest absolute Gasteiger partial charge is 0.481 e. The number of hydrogen-bond donors (Lipinski definition) is 1. The maximum atomic E-state index is 11.7. The Kier molecular flexibility index (Phi) is 2.50. The van der Waals surface area contributed by atoms with Gasteiger partial charge in [-0.2, -0.15) is 0 Å². The summed E-state index contributed by atoms with van der Waals surface area (Å²) in [6, 6.07) is 8.51. The van der Waals surface area contributed by atoms with Gasteiger partial charge in [-0.1, -0.05) is 18.2 Å². The van der Waals surface area contributed by atoms with E-state index in [-0.39, 0.29) is 0 Å². The maximum Gasteiger partial charge on any atom is 0.309 e. The molecule has 2 nitrogen and oxygen atoms in total. The van der Waals surface area contributed by atoms with E-state index >= 15 is 0 Å². The monoisotopic (exact) mass is 274 g/mol. The van der Waals surface area contributed by atoms with Gasteiger partial charge >= 0.3 is 5.97 Å². The number of carbonyl (C=O) groups is 1. The zero-order chi connectivity index (χ0) is 13.0. The van der Waals surface area contributed by atoms with Crippen molar-refractivity contribution in [2.75, 3.05) is 0 Å². The minimum Gasteiger partial charge on any atom is -0.481 e. The predicted octanol–water partition coefficient (Wildman–Crippen LogP) is 3.59. The van der Waals surface area contributed by atoms with Crippen LogP contribution >= 0.6 is 11.8 Å². The SMILES string of the molecule is O=C(O)C1(CC2Cc3ccccc3S2)CC2CC2C1. The summed E-state index contributed by atoms with van der Waals surface area (Å²) in [6.07, 6.45) is 5.05. The van der Waals surface area contributed by atoms with Gasteiger partial charge in [-0.25, -0.2) is 0 Å². The van der Waals surface area contributed by atoms with E-state index in [0.717, 1.165) is 37.5 Å². The topological polar surface area (TPSA) is 37.3 Å². The van der Waals surface area contributed by atoms with Crippen LogP contribution in [0.15, 0.2) is 29.2 Å². The van der Waals surface area contributed by atoms with Crippen molar-refractivity contribution in [3.05, 3.63) is 29.8 Å². The Hall–Kier alpha value is -0.960. The number of carboxylic acid groups (broad SMARTS) is 1. The van der Waals surface area contributed by atoms with Crippen molar-refractivity contribution in [2.24, 2.45) is 17.3 Å². The van der Waals surface area contributed by atoms with Crippen LogP contribution in [-0.4, -0.2) is 16.3 Å². The van der Waals surface area contributed by atoms with Crippen molar-refractivity contribution in [1.29, 1.82) is 0 Å². The minimum atomic E-state index is -0.545. The van der Waals surface area contributed by atoms with Gasteiger partial charge in [0.25, 0.3) is 0 Å². The van der Waals surface area contributed by atoms with Gasteiger partial charge < -0.3 is 5.11 Å². The van der Waals surface area contributed by atoms with E-state index in [2.05, 4.69) is 24.3 Å². The molecule has 1 N–H and O–H groups in total. The van der Waals surface area contributed by atoms with Crippen molar-refractivity contribution < 1.29 is 9.90 Å². The minimum absolute atomic E-state index is 0.409. The van der Waals surface area contributed by atoms with E-state index in [1.165, 1.54) is 16.9 Å². The summed E-state index contributed by atoms with van der Waals surface area (Å²) in [7, 11) is 0. The second kappa shape index (κ2) is 4.02. The summed E-state index contributed by atoms with van der Waals surface area (Å²) in [5.74, 6) is 0.908. The quantitative estimate of drug-likeness (QED) is 0.915. The van der Waals surface area contributed by atoms with Crippen LogP contribution in [0.3, 0.4) is 0 Å². The zero-order valence-corrected chi connectivity index (χ0v) is 11.7. The molecule has 1 aromatic carbocycles. The second-order valence-electron chi connectivity index (χ2n) is 6.51. The average molecular weight is 274 g/mol. The molecule has 0 amide bonds. The highest BCUT2D eigenvalue weighted by molar-refractivity contribution is 8.00. The fourth-order valence-electron chi connectivity index (χ4n) is 4.13. The van der Waals surface area contributed by atoms with Crippen LogP contribution in [0.2, 0.25) is 0 Å². The van der Waals surface area contributed by atoms with Gasteiger partial charge in [0.1, 0.15) is 0 Å². The molecule has 0 bridgehead atoms. The van der Waals surface area contributed by atoms with Gasteiger partial charge in [-0.05, 0) is 55.6 Å². The summed E-state index contributed by atoms with van der Waals surface area (Å²) in [5, 5.41) is 10.1. The lowest BCUT2D eigenvalue weighted by molar-refractivity contribution is -0.149. The van der Waals surface area contributed by atoms with E-state index in [1.807, 2.05) is 11.8 Å². The molecule has 3 atom stereocenters. The second-order valence-corrected chi connectivity index (χ2v) is 7.85. The van der Waals surface area contributed by atoms with Crippen molar-refractivity contribution >= 4 is 17.7 Å². The molecule has 1 aliphatic heterocycles. The number of hydrogen-bond acceptors (Lipinski definition) is 2. The predicted molar refractivity (Wildman–Crippen MR) is 75.3 cm³/mol. The molecule has 2 aliphatic carbocycles. The number of thioether (sulfide) groups is 1. The molecule has 0 aromatic heterocycles. The number of rotatable bonds is 3. The molecule has 100 valence electrons. The number of aliphatic carboxylic acids is 1. The number of carboxylic acids is 1. The Bertz CT molecular complexity index is 504. The lowest BCUT2D eigenvalue weighted by Crippen LogP contribution is -2.32. The highest BCUT2D eigenvalue weighted by Crippen LogP contribution is 2.62. The van der Waals surface area contributed by atoms with Crippen LogP contribution < -0.4 is 0 Å². The molecule has 0 saturated heterocycles. The number of fused-ring (bicyclic) bond motifs is 2. The first-order valence-corrected chi connectivity index (χ1v) is 8.02. The van der Waals surface area contributed by atoms with Crippen molar-refractivity contribution in [3.8, 4) is 0 Å². The fourth-order valence-corrected chi connectivity index (χ4v) is 5.61. The maximum absolute atomic E-state index is 11.7. The molecule has 2 saturated carbocycles. The third kappa shape index (κ3) is 1.90. The summed E-state index contributed by atoms with van der Waals surface area (Å²) in [6.45, 7) is 0. The van der Waals surface area contributed by atoms with Gasteiger partial charge in [0.05, 0.1) is 5.41 Å². The highest BCUT2D eigenvalue weighted by atomic mass is 32.2.